The minimum absolute atomic E-state index is 0.0210. The van der Waals surface area contributed by atoms with E-state index < -0.39 is 5.97 Å². The molecule has 2 N–H and O–H groups in total. The standard InChI is InChI=1S/C20H20N2O4/c1-13-7-8-15(20(25)26-12-16-9-10-18(23)21-16)11-17(13)22-19(24)14-5-3-2-4-6-14/h2-8,11,16H,9-10,12H2,1H3,(H,21,23)(H,22,24). The van der Waals surface area contributed by atoms with E-state index in [1.807, 2.05) is 13.0 Å². The summed E-state index contributed by atoms with van der Waals surface area (Å²) in [4.78, 5) is 35.7. The molecule has 0 aromatic heterocycles. The smallest absolute Gasteiger partial charge is 0.338 e. The molecule has 0 saturated carbocycles. The Morgan fingerprint density at radius 2 is 1.92 bits per heavy atom. The first-order valence-corrected chi connectivity index (χ1v) is 8.46. The summed E-state index contributed by atoms with van der Waals surface area (Å²) in [5, 5.41) is 5.57. The molecule has 0 radical (unpaired) electrons. The van der Waals surface area contributed by atoms with Crippen molar-refractivity contribution < 1.29 is 19.1 Å². The molecule has 2 aromatic carbocycles. The van der Waals surface area contributed by atoms with Gasteiger partial charge in [-0.1, -0.05) is 24.3 Å². The first-order chi connectivity index (χ1) is 12.5. The van der Waals surface area contributed by atoms with E-state index in [0.717, 1.165) is 5.56 Å². The predicted octanol–water partition coefficient (Wildman–Crippen LogP) is 2.68. The summed E-state index contributed by atoms with van der Waals surface area (Å²) in [6.07, 6.45) is 1.13. The number of esters is 1. The SMILES string of the molecule is Cc1ccc(C(=O)OCC2CCC(=O)N2)cc1NC(=O)c1ccccc1. The highest BCUT2D eigenvalue weighted by Gasteiger charge is 2.22. The number of nitrogens with one attached hydrogen (secondary N) is 2. The number of aryl methyl sites for hydroxylation is 1. The Morgan fingerprint density at radius 1 is 1.15 bits per heavy atom. The van der Waals surface area contributed by atoms with Gasteiger partial charge in [-0.3, -0.25) is 9.59 Å². The Balaban J connectivity index is 1.66. The third kappa shape index (κ3) is 4.27. The number of ether oxygens (including phenoxy) is 1. The maximum atomic E-state index is 12.3. The van der Waals surface area contributed by atoms with Crippen LogP contribution in [0.4, 0.5) is 5.69 Å². The van der Waals surface area contributed by atoms with Crippen LogP contribution in [0.1, 0.15) is 39.1 Å². The molecular weight excluding hydrogens is 332 g/mol. The quantitative estimate of drug-likeness (QED) is 0.810. The van der Waals surface area contributed by atoms with Crippen LogP contribution in [-0.4, -0.2) is 30.4 Å². The number of rotatable bonds is 5. The first kappa shape index (κ1) is 17.7. The van der Waals surface area contributed by atoms with Gasteiger partial charge in [-0.2, -0.15) is 0 Å². The van der Waals surface area contributed by atoms with Crippen LogP contribution >= 0.6 is 0 Å². The zero-order chi connectivity index (χ0) is 18.5. The molecular formula is C20H20N2O4. The maximum Gasteiger partial charge on any atom is 0.338 e. The Kier molecular flexibility index (Phi) is 5.31. The molecule has 134 valence electrons. The second-order valence-corrected chi connectivity index (χ2v) is 6.25. The van der Waals surface area contributed by atoms with Gasteiger partial charge < -0.3 is 15.4 Å². The third-order valence-electron chi connectivity index (χ3n) is 4.26. The summed E-state index contributed by atoms with van der Waals surface area (Å²) < 4.78 is 5.28. The Bertz CT molecular complexity index is 833. The lowest BCUT2D eigenvalue weighted by Gasteiger charge is -2.13. The molecule has 1 aliphatic heterocycles. The van der Waals surface area contributed by atoms with Crippen molar-refractivity contribution in [2.24, 2.45) is 0 Å². The molecule has 6 heteroatoms. The Hall–Kier alpha value is -3.15. The number of hydrogen-bond acceptors (Lipinski definition) is 4. The van der Waals surface area contributed by atoms with Crippen LogP contribution in [0, 0.1) is 6.92 Å². The number of anilines is 1. The van der Waals surface area contributed by atoms with Gasteiger partial charge in [-0.15, -0.1) is 0 Å². The number of hydrogen-bond donors (Lipinski definition) is 2. The topological polar surface area (TPSA) is 84.5 Å². The van der Waals surface area contributed by atoms with Gasteiger partial charge in [-0.25, -0.2) is 4.79 Å². The molecule has 2 amide bonds. The number of amides is 2. The fourth-order valence-electron chi connectivity index (χ4n) is 2.73. The molecule has 1 fully saturated rings. The summed E-state index contributed by atoms with van der Waals surface area (Å²) in [5.74, 6) is -0.749. The second kappa shape index (κ2) is 7.82. The predicted molar refractivity (Wildman–Crippen MR) is 97.0 cm³/mol. The van der Waals surface area contributed by atoms with Crippen molar-refractivity contribution in [2.75, 3.05) is 11.9 Å². The van der Waals surface area contributed by atoms with E-state index in [1.165, 1.54) is 0 Å². The molecule has 26 heavy (non-hydrogen) atoms. The van der Waals surface area contributed by atoms with Crippen LogP contribution in [0.3, 0.4) is 0 Å². The van der Waals surface area contributed by atoms with E-state index in [-0.39, 0.29) is 24.5 Å². The molecule has 1 saturated heterocycles. The highest BCUT2D eigenvalue weighted by atomic mass is 16.5. The highest BCUT2D eigenvalue weighted by molar-refractivity contribution is 6.05. The summed E-state index contributed by atoms with van der Waals surface area (Å²) in [7, 11) is 0. The van der Waals surface area contributed by atoms with Gasteiger partial charge >= 0.3 is 5.97 Å². The number of carbonyl (C=O) groups is 3. The molecule has 1 aliphatic rings. The van der Waals surface area contributed by atoms with E-state index in [2.05, 4.69) is 10.6 Å². The van der Waals surface area contributed by atoms with Crippen LogP contribution in [0.2, 0.25) is 0 Å². The number of benzene rings is 2. The minimum Gasteiger partial charge on any atom is -0.460 e. The average Bonchev–Trinajstić information content (AvgIpc) is 3.07. The van der Waals surface area contributed by atoms with Crippen molar-refractivity contribution in [1.29, 1.82) is 0 Å². The lowest BCUT2D eigenvalue weighted by molar-refractivity contribution is -0.119. The fourth-order valence-corrected chi connectivity index (χ4v) is 2.73. The average molecular weight is 352 g/mol. The van der Waals surface area contributed by atoms with Crippen molar-refractivity contribution in [3.63, 3.8) is 0 Å². The van der Waals surface area contributed by atoms with Gasteiger partial charge in [0.15, 0.2) is 0 Å². The van der Waals surface area contributed by atoms with Crippen LogP contribution in [0.15, 0.2) is 48.5 Å². The first-order valence-electron chi connectivity index (χ1n) is 8.46. The minimum atomic E-state index is -0.485. The molecule has 1 atom stereocenters. The zero-order valence-electron chi connectivity index (χ0n) is 14.5. The van der Waals surface area contributed by atoms with Gasteiger partial charge in [0.05, 0.1) is 11.6 Å². The summed E-state index contributed by atoms with van der Waals surface area (Å²) in [6, 6.07) is 13.7. The molecule has 0 bridgehead atoms. The van der Waals surface area contributed by atoms with Crippen molar-refractivity contribution >= 4 is 23.5 Å². The van der Waals surface area contributed by atoms with Crippen LogP contribution in [-0.2, 0) is 9.53 Å². The molecule has 1 heterocycles. The normalized spacial score (nSPS) is 16.0. The van der Waals surface area contributed by atoms with Gasteiger partial charge in [0.1, 0.15) is 6.61 Å². The molecule has 0 spiro atoms. The van der Waals surface area contributed by atoms with Gasteiger partial charge in [0.2, 0.25) is 5.91 Å². The fraction of sp³-hybridized carbons (Fsp3) is 0.250. The van der Waals surface area contributed by atoms with E-state index in [4.69, 9.17) is 4.74 Å². The maximum absolute atomic E-state index is 12.3. The summed E-state index contributed by atoms with van der Waals surface area (Å²) in [5.41, 5.74) is 2.29. The van der Waals surface area contributed by atoms with E-state index in [1.54, 1.807) is 42.5 Å². The van der Waals surface area contributed by atoms with Crippen LogP contribution in [0.5, 0.6) is 0 Å². The van der Waals surface area contributed by atoms with Gasteiger partial charge in [0.25, 0.3) is 5.91 Å². The summed E-state index contributed by atoms with van der Waals surface area (Å²) >= 11 is 0. The molecule has 1 unspecified atom stereocenters. The van der Waals surface area contributed by atoms with E-state index in [0.29, 0.717) is 29.7 Å². The molecule has 3 rings (SSSR count). The van der Waals surface area contributed by atoms with Crippen molar-refractivity contribution in [3.05, 3.63) is 65.2 Å². The van der Waals surface area contributed by atoms with Crippen LogP contribution < -0.4 is 10.6 Å². The Morgan fingerprint density at radius 3 is 2.62 bits per heavy atom. The molecule has 2 aromatic rings. The van der Waals surface area contributed by atoms with E-state index in [9.17, 15) is 14.4 Å². The highest BCUT2D eigenvalue weighted by Crippen LogP contribution is 2.19. The largest absolute Gasteiger partial charge is 0.460 e. The van der Waals surface area contributed by atoms with Crippen LogP contribution in [0.25, 0.3) is 0 Å². The summed E-state index contributed by atoms with van der Waals surface area (Å²) in [6.45, 7) is 1.99. The second-order valence-electron chi connectivity index (χ2n) is 6.25. The number of carbonyl (C=O) groups excluding carboxylic acids is 3. The molecule has 6 nitrogen and oxygen atoms in total. The third-order valence-corrected chi connectivity index (χ3v) is 4.26. The zero-order valence-corrected chi connectivity index (χ0v) is 14.5. The van der Waals surface area contributed by atoms with Crippen molar-refractivity contribution in [2.45, 2.75) is 25.8 Å². The Labute approximate surface area is 151 Å². The van der Waals surface area contributed by atoms with Crippen molar-refractivity contribution in [3.8, 4) is 0 Å². The molecule has 0 aliphatic carbocycles. The lowest BCUT2D eigenvalue weighted by Crippen LogP contribution is -2.30. The van der Waals surface area contributed by atoms with Gasteiger partial charge in [-0.05, 0) is 43.2 Å². The van der Waals surface area contributed by atoms with Gasteiger partial charge in [0, 0.05) is 17.7 Å². The van der Waals surface area contributed by atoms with Crippen molar-refractivity contribution in [1.82, 2.24) is 5.32 Å². The monoisotopic (exact) mass is 352 g/mol. The van der Waals surface area contributed by atoms with E-state index >= 15 is 0 Å². The lowest BCUT2D eigenvalue weighted by atomic mass is 10.1.